The van der Waals surface area contributed by atoms with Crippen molar-refractivity contribution in [2.75, 3.05) is 12.0 Å². The molecule has 0 fully saturated rings. The number of rotatable bonds is 6. The van der Waals surface area contributed by atoms with Crippen LogP contribution in [-0.2, 0) is 14.3 Å². The van der Waals surface area contributed by atoms with Crippen molar-refractivity contribution in [3.63, 3.8) is 0 Å². The highest BCUT2D eigenvalue weighted by atomic mass is 35.5. The zero-order chi connectivity index (χ0) is 17.4. The minimum Gasteiger partial charge on any atom is -0.460 e. The molecule has 0 atom stereocenters. The second-order valence-electron chi connectivity index (χ2n) is 4.50. The van der Waals surface area contributed by atoms with Gasteiger partial charge in [-0.1, -0.05) is 47.6 Å². The molecule has 2 aromatic rings. The van der Waals surface area contributed by atoms with Gasteiger partial charge in [-0.15, -0.1) is 0 Å². The van der Waals surface area contributed by atoms with Crippen LogP contribution in [0.1, 0.15) is 6.92 Å². The Balaban J connectivity index is 2.22. The first-order valence-corrected chi connectivity index (χ1v) is 8.33. The maximum absolute atomic E-state index is 12.2. The Kier molecular flexibility index (Phi) is 6.84. The van der Waals surface area contributed by atoms with Crippen molar-refractivity contribution >= 4 is 45.8 Å². The zero-order valence-corrected chi connectivity index (χ0v) is 14.4. The van der Waals surface area contributed by atoms with E-state index in [1.54, 1.807) is 31.2 Å². The van der Waals surface area contributed by atoms with Gasteiger partial charge in [0.05, 0.1) is 12.3 Å². The summed E-state index contributed by atoms with van der Waals surface area (Å²) in [6.45, 7) is 1.76. The summed E-state index contributed by atoms with van der Waals surface area (Å²) < 4.78 is 4.76. The predicted octanol–water partition coefficient (Wildman–Crippen LogP) is 3.99. The van der Waals surface area contributed by atoms with Gasteiger partial charge < -0.3 is 4.74 Å². The summed E-state index contributed by atoms with van der Waals surface area (Å²) in [6.07, 6.45) is 0. The van der Waals surface area contributed by atoms with E-state index in [1.165, 1.54) is 0 Å². The Labute approximate surface area is 149 Å². The van der Waals surface area contributed by atoms with Crippen LogP contribution >= 0.6 is 23.4 Å². The lowest BCUT2D eigenvalue weighted by molar-refractivity contribution is -0.150. The van der Waals surface area contributed by atoms with Crippen LogP contribution in [0, 0.1) is 0 Å². The molecule has 5 nitrogen and oxygen atoms in total. The number of benzene rings is 2. The number of thioether (sulfide) groups is 1. The summed E-state index contributed by atoms with van der Waals surface area (Å²) in [5.41, 5.74) is 3.34. The number of hydrazone groups is 1. The van der Waals surface area contributed by atoms with Crippen LogP contribution in [0.15, 0.2) is 64.6 Å². The minimum absolute atomic E-state index is 0.0142. The Morgan fingerprint density at radius 2 is 1.92 bits per heavy atom. The Hall–Kier alpha value is -2.31. The monoisotopic (exact) mass is 362 g/mol. The topological polar surface area (TPSA) is 67.8 Å². The third-order valence-electron chi connectivity index (χ3n) is 2.72. The maximum Gasteiger partial charge on any atom is 0.382 e. The molecule has 0 aromatic heterocycles. The molecule has 0 bridgehead atoms. The van der Waals surface area contributed by atoms with Gasteiger partial charge in [0, 0.05) is 9.92 Å². The molecular weight excluding hydrogens is 348 g/mol. The van der Waals surface area contributed by atoms with Crippen molar-refractivity contribution in [3.8, 4) is 0 Å². The fraction of sp³-hybridized carbons (Fsp3) is 0.118. The van der Waals surface area contributed by atoms with Crippen LogP contribution in [0.2, 0.25) is 5.02 Å². The number of hydrogen-bond donors (Lipinski definition) is 1. The summed E-state index contributed by atoms with van der Waals surface area (Å²) in [5, 5.41) is 4.57. The molecule has 0 amide bonds. The number of esters is 1. The Morgan fingerprint density at radius 3 is 2.58 bits per heavy atom. The number of carbonyl (C=O) groups is 2. The quantitative estimate of drug-likeness (QED) is 0.210. The van der Waals surface area contributed by atoms with Gasteiger partial charge in [-0.25, -0.2) is 4.79 Å². The van der Waals surface area contributed by atoms with Gasteiger partial charge in [0.2, 0.25) is 0 Å². The predicted molar refractivity (Wildman–Crippen MR) is 96.4 cm³/mol. The van der Waals surface area contributed by atoms with Gasteiger partial charge >= 0.3 is 5.97 Å². The van der Waals surface area contributed by atoms with Gasteiger partial charge in [-0.3, -0.25) is 10.2 Å². The second kappa shape index (κ2) is 9.10. The summed E-state index contributed by atoms with van der Waals surface area (Å²) in [7, 11) is 0. The first-order valence-electron chi connectivity index (χ1n) is 7.13. The van der Waals surface area contributed by atoms with Crippen molar-refractivity contribution < 1.29 is 14.3 Å². The van der Waals surface area contributed by atoms with Crippen LogP contribution in [-0.4, -0.2) is 23.4 Å². The number of anilines is 1. The average Bonchev–Trinajstić information content (AvgIpc) is 2.59. The molecule has 1 N–H and O–H groups in total. The fourth-order valence-electron chi connectivity index (χ4n) is 1.68. The normalized spacial score (nSPS) is 11.0. The van der Waals surface area contributed by atoms with E-state index in [1.807, 2.05) is 30.3 Å². The average molecular weight is 363 g/mol. The smallest absolute Gasteiger partial charge is 0.382 e. The highest BCUT2D eigenvalue weighted by Crippen LogP contribution is 2.21. The number of nitrogens with one attached hydrogen (secondary N) is 1. The SMILES string of the molecule is CCOC(=O)C(=O)/C(=N/Nc1cccc(Cl)c1)Sc1ccccc1. The molecule has 7 heteroatoms. The fourth-order valence-corrected chi connectivity index (χ4v) is 2.65. The van der Waals surface area contributed by atoms with Gasteiger partial charge in [0.1, 0.15) is 0 Å². The lowest BCUT2D eigenvalue weighted by atomic mass is 10.3. The van der Waals surface area contributed by atoms with Gasteiger partial charge in [-0.05, 0) is 37.3 Å². The largest absolute Gasteiger partial charge is 0.460 e. The minimum atomic E-state index is -0.937. The summed E-state index contributed by atoms with van der Waals surface area (Å²) in [6, 6.07) is 16.0. The highest BCUT2D eigenvalue weighted by molar-refractivity contribution is 8.16. The molecule has 2 rings (SSSR count). The van der Waals surface area contributed by atoms with E-state index in [0.29, 0.717) is 10.7 Å². The van der Waals surface area contributed by atoms with E-state index in [4.69, 9.17) is 16.3 Å². The van der Waals surface area contributed by atoms with Crippen molar-refractivity contribution in [2.24, 2.45) is 5.10 Å². The molecule has 0 radical (unpaired) electrons. The van der Waals surface area contributed by atoms with Crippen LogP contribution in [0.25, 0.3) is 0 Å². The van der Waals surface area contributed by atoms with Crippen molar-refractivity contribution in [1.82, 2.24) is 0 Å². The van der Waals surface area contributed by atoms with E-state index in [-0.39, 0.29) is 11.7 Å². The Morgan fingerprint density at radius 1 is 1.17 bits per heavy atom. The molecule has 0 saturated carbocycles. The molecule has 0 spiro atoms. The zero-order valence-electron chi connectivity index (χ0n) is 12.9. The third-order valence-corrected chi connectivity index (χ3v) is 3.94. The highest BCUT2D eigenvalue weighted by Gasteiger charge is 2.23. The van der Waals surface area contributed by atoms with Crippen molar-refractivity contribution in [2.45, 2.75) is 11.8 Å². The van der Waals surface area contributed by atoms with Crippen molar-refractivity contribution in [3.05, 3.63) is 59.6 Å². The Bertz CT molecular complexity index is 751. The number of nitrogens with zero attached hydrogens (tertiary/aromatic N) is 1. The number of hydrogen-bond acceptors (Lipinski definition) is 6. The molecule has 124 valence electrons. The third kappa shape index (κ3) is 5.40. The molecule has 0 aliphatic rings. The van der Waals surface area contributed by atoms with E-state index in [0.717, 1.165) is 16.7 Å². The summed E-state index contributed by atoms with van der Waals surface area (Å²) in [5.74, 6) is -1.74. The molecule has 2 aromatic carbocycles. The summed E-state index contributed by atoms with van der Waals surface area (Å²) in [4.78, 5) is 24.7. The lowest BCUT2D eigenvalue weighted by Gasteiger charge is -2.07. The van der Waals surface area contributed by atoms with E-state index < -0.39 is 11.8 Å². The molecule has 0 aliphatic carbocycles. The number of Topliss-reactive ketones (excluding diaryl/α,β-unsaturated/α-hetero) is 1. The van der Waals surface area contributed by atoms with E-state index >= 15 is 0 Å². The maximum atomic E-state index is 12.2. The number of carbonyl (C=O) groups excluding carboxylic acids is 2. The van der Waals surface area contributed by atoms with E-state index in [9.17, 15) is 9.59 Å². The van der Waals surface area contributed by atoms with Gasteiger partial charge in [0.15, 0.2) is 5.04 Å². The van der Waals surface area contributed by atoms with Crippen LogP contribution in [0.4, 0.5) is 5.69 Å². The first kappa shape index (κ1) is 18.0. The van der Waals surface area contributed by atoms with Gasteiger partial charge in [-0.2, -0.15) is 5.10 Å². The van der Waals surface area contributed by atoms with Crippen LogP contribution < -0.4 is 5.43 Å². The number of ether oxygens (including phenoxy) is 1. The number of halogens is 1. The van der Waals surface area contributed by atoms with Crippen LogP contribution in [0.5, 0.6) is 0 Å². The summed E-state index contributed by atoms with van der Waals surface area (Å²) >= 11 is 6.99. The number of ketones is 1. The first-order chi connectivity index (χ1) is 11.6. The molecular formula is C17H15ClN2O3S. The van der Waals surface area contributed by atoms with Crippen molar-refractivity contribution in [1.29, 1.82) is 0 Å². The standard InChI is InChI=1S/C17H15ClN2O3S/c1-2-23-17(22)15(21)16(24-14-9-4-3-5-10-14)20-19-13-8-6-7-12(18)11-13/h3-11,19H,2H2,1H3/b20-16-. The lowest BCUT2D eigenvalue weighted by Crippen LogP contribution is -2.25. The molecule has 24 heavy (non-hydrogen) atoms. The van der Waals surface area contributed by atoms with Gasteiger partial charge in [0.25, 0.3) is 5.78 Å². The molecule has 0 aliphatic heterocycles. The molecule has 0 unspecified atom stereocenters. The molecule has 0 heterocycles. The second-order valence-corrected chi connectivity index (χ2v) is 6.00. The molecule has 0 saturated heterocycles. The van der Waals surface area contributed by atoms with Crippen LogP contribution in [0.3, 0.4) is 0 Å². The van der Waals surface area contributed by atoms with E-state index in [2.05, 4.69) is 10.5 Å².